The van der Waals surface area contributed by atoms with Crippen LogP contribution < -0.4 is 11.1 Å². The van der Waals surface area contributed by atoms with Gasteiger partial charge in [0.25, 0.3) is 0 Å². The number of amides is 1. The molecule has 0 spiro atoms. The van der Waals surface area contributed by atoms with Crippen LogP contribution in [0.1, 0.15) is 31.5 Å². The van der Waals surface area contributed by atoms with E-state index < -0.39 is 42.2 Å². The summed E-state index contributed by atoms with van der Waals surface area (Å²) in [4.78, 5) is 41.3. The van der Waals surface area contributed by atoms with Crippen molar-refractivity contribution in [2.24, 2.45) is 0 Å². The number of fused-ring (bicyclic) bond motifs is 2. The number of aryl methyl sites for hydroxylation is 1. The molecule has 1 aliphatic rings. The molecule has 0 radical (unpaired) electrons. The molecule has 4 rings (SSSR count). The number of nitrogen functional groups attached to an aromatic ring is 1. The highest BCUT2D eigenvalue weighted by Gasteiger charge is 2.57. The largest absolute Gasteiger partial charge is 0.465 e. The molecule has 1 aliphatic heterocycles. The Bertz CT molecular complexity index is 1340. The molecule has 3 aromatic rings. The quantitative estimate of drug-likeness (QED) is 0.295. The number of nitrogens with one attached hydrogen (secondary N) is 1. The lowest BCUT2D eigenvalue weighted by Crippen LogP contribution is -2.41. The summed E-state index contributed by atoms with van der Waals surface area (Å²) in [5.74, 6) is -7.12. The second-order valence-electron chi connectivity index (χ2n) is 7.76. The van der Waals surface area contributed by atoms with Crippen LogP contribution in [0.15, 0.2) is 12.5 Å². The van der Waals surface area contributed by atoms with E-state index in [1.807, 2.05) is 0 Å². The first kappa shape index (κ1) is 24.2. The first-order chi connectivity index (χ1) is 16.3. The normalized spacial score (nSPS) is 18.0. The van der Waals surface area contributed by atoms with Crippen molar-refractivity contribution in [3.63, 3.8) is 0 Å². The number of aromatic nitrogens is 6. The van der Waals surface area contributed by atoms with Crippen molar-refractivity contribution >= 4 is 29.2 Å². The number of halogens is 5. The van der Waals surface area contributed by atoms with E-state index in [0.29, 0.717) is 0 Å². The Labute approximate surface area is 192 Å². The van der Waals surface area contributed by atoms with Crippen molar-refractivity contribution in [2.75, 3.05) is 17.7 Å². The number of anilines is 2. The lowest BCUT2D eigenvalue weighted by Gasteiger charge is -2.20. The maximum absolute atomic E-state index is 13.5. The summed E-state index contributed by atoms with van der Waals surface area (Å²) in [7, 11) is 0. The number of nitrogens with zero attached hydrogens (tertiary/aromatic N) is 6. The van der Waals surface area contributed by atoms with Gasteiger partial charge in [-0.2, -0.15) is 27.1 Å². The van der Waals surface area contributed by atoms with Gasteiger partial charge in [0.2, 0.25) is 5.91 Å². The Balaban J connectivity index is 1.76. The SMILES string of the molecule is CCOC(=O)C1(C)C(=O)Nc2nc(-c3cn4ncnc4c(CCC(F)(F)C(F)(F)F)n3)nc(N)c21. The molecule has 1 unspecified atom stereocenters. The maximum atomic E-state index is 13.5. The number of rotatable bonds is 6. The zero-order valence-corrected chi connectivity index (χ0v) is 18.2. The van der Waals surface area contributed by atoms with Crippen molar-refractivity contribution < 1.29 is 36.3 Å². The van der Waals surface area contributed by atoms with Crippen LogP contribution in [-0.4, -0.2) is 60.1 Å². The first-order valence-corrected chi connectivity index (χ1v) is 10.1. The second-order valence-corrected chi connectivity index (χ2v) is 7.76. The van der Waals surface area contributed by atoms with E-state index in [1.54, 1.807) is 6.92 Å². The monoisotopic (exact) mass is 500 g/mol. The summed E-state index contributed by atoms with van der Waals surface area (Å²) in [5, 5.41) is 6.30. The van der Waals surface area contributed by atoms with Crippen molar-refractivity contribution in [1.82, 2.24) is 29.5 Å². The predicted octanol–water partition coefficient (Wildman–Crippen LogP) is 2.07. The number of ether oxygens (including phenoxy) is 1. The molecule has 1 amide bonds. The van der Waals surface area contributed by atoms with Crippen LogP contribution >= 0.6 is 0 Å². The van der Waals surface area contributed by atoms with Crippen molar-refractivity contribution in [3.05, 3.63) is 23.8 Å². The number of carbonyl (C=O) groups is 2. The van der Waals surface area contributed by atoms with Gasteiger partial charge < -0.3 is 15.8 Å². The molecule has 0 fully saturated rings. The molecule has 0 bridgehead atoms. The van der Waals surface area contributed by atoms with E-state index in [4.69, 9.17) is 10.5 Å². The minimum Gasteiger partial charge on any atom is -0.465 e. The number of carbonyl (C=O) groups excluding carboxylic acids is 2. The number of alkyl halides is 5. The molecular formula is C19H17F5N8O3. The van der Waals surface area contributed by atoms with Gasteiger partial charge in [-0.05, 0) is 20.3 Å². The van der Waals surface area contributed by atoms with Gasteiger partial charge >= 0.3 is 18.1 Å². The summed E-state index contributed by atoms with van der Waals surface area (Å²) < 4.78 is 70.9. The standard InChI is InChI=1S/C19H17F5N8O3/c1-3-35-16(34)17(2)10-11(25)29-12(30-13(10)31-15(17)33)9-6-32-14(26-7-27-32)8(28-9)4-5-18(20,21)19(22,23)24/h6-7H,3-5H2,1-2H3,(H3,25,29,30,31,33). The third kappa shape index (κ3) is 3.87. The predicted molar refractivity (Wildman–Crippen MR) is 108 cm³/mol. The Hall–Kier alpha value is -3.98. The van der Waals surface area contributed by atoms with E-state index in [0.717, 1.165) is 10.8 Å². The summed E-state index contributed by atoms with van der Waals surface area (Å²) in [6.45, 7) is 2.87. The number of esters is 1. The Morgan fingerprint density at radius 1 is 1.23 bits per heavy atom. The molecule has 0 saturated carbocycles. The fraction of sp³-hybridized carbons (Fsp3) is 0.421. The van der Waals surface area contributed by atoms with Gasteiger partial charge in [0.05, 0.1) is 24.1 Å². The summed E-state index contributed by atoms with van der Waals surface area (Å²) in [5.41, 5.74) is 3.86. The molecule has 0 aromatic carbocycles. The van der Waals surface area contributed by atoms with Crippen LogP contribution in [0.5, 0.6) is 0 Å². The molecule has 3 N–H and O–H groups in total. The molecule has 11 nitrogen and oxygen atoms in total. The van der Waals surface area contributed by atoms with Gasteiger partial charge in [0.1, 0.15) is 23.7 Å². The van der Waals surface area contributed by atoms with Crippen LogP contribution in [0.4, 0.5) is 33.6 Å². The molecule has 3 aromatic heterocycles. The Morgan fingerprint density at radius 2 is 1.94 bits per heavy atom. The Kier molecular flexibility index (Phi) is 5.56. The molecule has 0 aliphatic carbocycles. The van der Waals surface area contributed by atoms with Crippen LogP contribution in [-0.2, 0) is 26.2 Å². The molecule has 35 heavy (non-hydrogen) atoms. The van der Waals surface area contributed by atoms with Gasteiger partial charge in [-0.1, -0.05) is 0 Å². The number of nitrogens with two attached hydrogens (primary N) is 1. The number of hydrogen-bond acceptors (Lipinski definition) is 9. The van der Waals surface area contributed by atoms with E-state index >= 15 is 0 Å². The molecule has 186 valence electrons. The summed E-state index contributed by atoms with van der Waals surface area (Å²) in [6.07, 6.45) is -5.77. The van der Waals surface area contributed by atoms with Crippen molar-refractivity contribution in [1.29, 1.82) is 0 Å². The second kappa shape index (κ2) is 8.06. The van der Waals surface area contributed by atoms with Crippen LogP contribution in [0, 0.1) is 0 Å². The molecule has 1 atom stereocenters. The van der Waals surface area contributed by atoms with E-state index in [1.165, 1.54) is 13.1 Å². The fourth-order valence-electron chi connectivity index (χ4n) is 3.58. The highest BCUT2D eigenvalue weighted by Crippen LogP contribution is 2.42. The minimum atomic E-state index is -5.73. The van der Waals surface area contributed by atoms with Crippen LogP contribution in [0.2, 0.25) is 0 Å². The van der Waals surface area contributed by atoms with Gasteiger partial charge in [-0.3, -0.25) is 9.59 Å². The smallest absolute Gasteiger partial charge is 0.453 e. The third-order valence-corrected chi connectivity index (χ3v) is 5.46. The van der Waals surface area contributed by atoms with Crippen molar-refractivity contribution in [2.45, 2.75) is 44.2 Å². The third-order valence-electron chi connectivity index (χ3n) is 5.46. The maximum Gasteiger partial charge on any atom is 0.453 e. The highest BCUT2D eigenvalue weighted by atomic mass is 19.4. The molecular weight excluding hydrogens is 483 g/mol. The highest BCUT2D eigenvalue weighted by molar-refractivity contribution is 6.19. The molecule has 16 heteroatoms. The summed E-state index contributed by atoms with van der Waals surface area (Å²) in [6, 6.07) is 0. The van der Waals surface area contributed by atoms with Crippen LogP contribution in [0.3, 0.4) is 0 Å². The van der Waals surface area contributed by atoms with Crippen LogP contribution in [0.25, 0.3) is 17.2 Å². The Morgan fingerprint density at radius 3 is 2.60 bits per heavy atom. The van der Waals surface area contributed by atoms with Gasteiger partial charge in [0.15, 0.2) is 16.9 Å². The molecule has 4 heterocycles. The number of hydrogen-bond donors (Lipinski definition) is 2. The van der Waals surface area contributed by atoms with Gasteiger partial charge in [-0.15, -0.1) is 0 Å². The lowest BCUT2D eigenvalue weighted by molar-refractivity contribution is -0.284. The minimum absolute atomic E-state index is 0.00782. The fourth-order valence-corrected chi connectivity index (χ4v) is 3.58. The first-order valence-electron chi connectivity index (χ1n) is 10.1. The van der Waals surface area contributed by atoms with E-state index in [2.05, 4.69) is 30.4 Å². The topological polar surface area (TPSA) is 150 Å². The lowest BCUT2D eigenvalue weighted by atomic mass is 9.84. The summed E-state index contributed by atoms with van der Waals surface area (Å²) >= 11 is 0. The van der Waals surface area contributed by atoms with Crippen molar-refractivity contribution in [3.8, 4) is 11.5 Å². The average molecular weight is 500 g/mol. The zero-order valence-electron chi connectivity index (χ0n) is 18.2. The average Bonchev–Trinajstić information content (AvgIpc) is 3.34. The zero-order chi connectivity index (χ0) is 25.8. The van der Waals surface area contributed by atoms with Gasteiger partial charge in [-0.25, -0.2) is 24.5 Å². The van der Waals surface area contributed by atoms with Gasteiger partial charge in [0, 0.05) is 6.42 Å². The van der Waals surface area contributed by atoms with E-state index in [9.17, 15) is 31.5 Å². The molecule has 0 saturated heterocycles. The van der Waals surface area contributed by atoms with E-state index in [-0.39, 0.29) is 46.7 Å².